The Bertz CT molecular complexity index is 1880. The summed E-state index contributed by atoms with van der Waals surface area (Å²) in [6.07, 6.45) is 0. The number of aromatic nitrogens is 1. The first-order valence-electron chi connectivity index (χ1n) is 14.7. The van der Waals surface area contributed by atoms with E-state index in [-0.39, 0.29) is 33.3 Å². The molecule has 4 nitrogen and oxygen atoms in total. The van der Waals surface area contributed by atoms with Crippen molar-refractivity contribution in [3.8, 4) is 39.4 Å². The molecule has 0 fully saturated rings. The zero-order chi connectivity index (χ0) is 30.7. The second-order valence-corrected chi connectivity index (χ2v) is 14.6. The molecule has 6 heteroatoms. The van der Waals surface area contributed by atoms with Crippen LogP contribution in [0.4, 0.5) is 0 Å². The van der Waals surface area contributed by atoms with Gasteiger partial charge in [0.1, 0.15) is 0 Å². The Labute approximate surface area is 287 Å². The average Bonchev–Trinajstić information content (AvgIpc) is 3.08. The van der Waals surface area contributed by atoms with Crippen LogP contribution in [0.25, 0.3) is 33.6 Å². The molecule has 5 aromatic carbocycles. The number of hydrogen-bond donors (Lipinski definition) is 0. The molecule has 6 aromatic rings. The number of rotatable bonds is 7. The van der Waals surface area contributed by atoms with Crippen LogP contribution >= 0.6 is 7.14 Å². The monoisotopic (exact) mass is 806 g/mol. The Kier molecular flexibility index (Phi) is 11.1. The van der Waals surface area contributed by atoms with Gasteiger partial charge >= 0.3 is 0 Å². The van der Waals surface area contributed by atoms with Gasteiger partial charge in [-0.2, -0.15) is 0 Å². The summed E-state index contributed by atoms with van der Waals surface area (Å²) < 4.78 is 20.2. The van der Waals surface area contributed by atoms with Crippen LogP contribution in [0.1, 0.15) is 26.3 Å². The third-order valence-electron chi connectivity index (χ3n) is 7.88. The summed E-state index contributed by atoms with van der Waals surface area (Å²) >= 11 is 0. The summed E-state index contributed by atoms with van der Waals surface area (Å²) in [7, 11) is -1.42. The number of nitrogens with zero attached hydrogens (tertiary/aromatic N) is 1. The van der Waals surface area contributed by atoms with Crippen molar-refractivity contribution < 1.29 is 37.2 Å². The summed E-state index contributed by atoms with van der Waals surface area (Å²) in [6, 6.07) is 50.6. The maximum Gasteiger partial charge on any atom is 0.171 e. The van der Waals surface area contributed by atoms with Crippen molar-refractivity contribution in [1.29, 1.82) is 0 Å². The first-order valence-corrected chi connectivity index (χ1v) is 16.4. The minimum absolute atomic E-state index is 0. The van der Waals surface area contributed by atoms with Gasteiger partial charge in [-0.3, -0.25) is 0 Å². The third-order valence-corrected chi connectivity index (χ3v) is 11.0. The fourth-order valence-electron chi connectivity index (χ4n) is 5.31. The Morgan fingerprint density at radius 2 is 1.13 bits per heavy atom. The number of benzene rings is 5. The third kappa shape index (κ3) is 7.18. The molecule has 2 N–H and O–H groups in total. The molecule has 0 aliphatic rings. The molecule has 0 aliphatic carbocycles. The summed E-state index contributed by atoms with van der Waals surface area (Å²) in [4.78, 5) is 5.04. The van der Waals surface area contributed by atoms with Crippen LogP contribution in [-0.2, 0) is 32.4 Å². The van der Waals surface area contributed by atoms with Crippen molar-refractivity contribution in [2.45, 2.75) is 26.2 Å². The molecule has 0 saturated heterocycles. The van der Waals surface area contributed by atoms with Gasteiger partial charge in [0.05, 0.1) is 7.11 Å². The van der Waals surface area contributed by atoms with E-state index >= 15 is 0 Å². The van der Waals surface area contributed by atoms with Crippen LogP contribution in [0, 0.1) is 12.1 Å². The topological polar surface area (TPSA) is 70.7 Å². The quantitative estimate of drug-likeness (QED) is 0.0940. The van der Waals surface area contributed by atoms with E-state index in [0.29, 0.717) is 0 Å². The fraction of sp³-hybridized carbons (Fsp3) is 0.125. The Morgan fingerprint density at radius 1 is 0.630 bits per heavy atom. The van der Waals surface area contributed by atoms with E-state index in [1.54, 1.807) is 7.11 Å². The van der Waals surface area contributed by atoms with E-state index in [1.165, 1.54) is 5.56 Å². The van der Waals surface area contributed by atoms with Gasteiger partial charge in [0.2, 0.25) is 0 Å². The van der Waals surface area contributed by atoms with Crippen LogP contribution in [0.15, 0.2) is 133 Å². The van der Waals surface area contributed by atoms with E-state index in [2.05, 4.69) is 75.4 Å². The molecule has 0 saturated carbocycles. The number of pyridine rings is 1. The van der Waals surface area contributed by atoms with Gasteiger partial charge in [0.25, 0.3) is 0 Å². The van der Waals surface area contributed by atoms with E-state index in [0.717, 1.165) is 55.3 Å². The van der Waals surface area contributed by atoms with Gasteiger partial charge in [-0.1, -0.05) is 118 Å². The second-order valence-electron chi connectivity index (χ2n) is 11.8. The molecule has 1 radical (unpaired) electrons. The molecule has 1 heterocycles. The van der Waals surface area contributed by atoms with Gasteiger partial charge in [-0.05, 0) is 27.9 Å². The number of ether oxygens (including phenoxy) is 1. The van der Waals surface area contributed by atoms with E-state index < -0.39 is 7.14 Å². The van der Waals surface area contributed by atoms with Crippen LogP contribution in [0.5, 0.6) is 5.75 Å². The number of methoxy groups -OCH3 is 1. The molecule has 237 valence electrons. The van der Waals surface area contributed by atoms with E-state index in [1.807, 2.05) is 91.0 Å². The van der Waals surface area contributed by atoms with Gasteiger partial charge in [-0.25, -0.2) is 0 Å². The Morgan fingerprint density at radius 3 is 1.57 bits per heavy atom. The first-order chi connectivity index (χ1) is 21.3. The van der Waals surface area contributed by atoms with Gasteiger partial charge in [0, 0.05) is 44.0 Å². The zero-order valence-corrected chi connectivity index (χ0v) is 29.3. The van der Waals surface area contributed by atoms with E-state index in [4.69, 9.17) is 9.72 Å². The van der Waals surface area contributed by atoms with Gasteiger partial charge in [-0.15, -0.1) is 65.2 Å². The van der Waals surface area contributed by atoms with Crippen molar-refractivity contribution in [2.24, 2.45) is 0 Å². The van der Waals surface area contributed by atoms with Crippen molar-refractivity contribution in [1.82, 2.24) is 4.98 Å². The largest absolute Gasteiger partial charge is 0.540 e. The summed E-state index contributed by atoms with van der Waals surface area (Å²) in [5.74, 6) is 0.744. The molecule has 0 bridgehead atoms. The SMILES string of the molecule is COc1c[c-]c(-c2cc(-c3ccc(P(=O)(c4ccccc4)c4ccccc4)cc3)cc(-c3[c-]cc(C(C)(C)C)cc3)n2)cc1.O.[Au]. The molecule has 46 heavy (non-hydrogen) atoms. The van der Waals surface area contributed by atoms with Crippen LogP contribution in [0.2, 0.25) is 0 Å². The smallest absolute Gasteiger partial charge is 0.171 e. The second kappa shape index (κ2) is 14.6. The van der Waals surface area contributed by atoms with Crippen molar-refractivity contribution in [3.63, 3.8) is 0 Å². The normalized spacial score (nSPS) is 11.2. The summed E-state index contributed by atoms with van der Waals surface area (Å²) in [5, 5.41) is 2.43. The molecule has 0 spiro atoms. The molecular formula is C40H36AuNO3P-2. The molecule has 0 aliphatic heterocycles. The predicted molar refractivity (Wildman–Crippen MR) is 186 cm³/mol. The zero-order valence-electron chi connectivity index (χ0n) is 26.2. The van der Waals surface area contributed by atoms with Crippen LogP contribution < -0.4 is 20.7 Å². The van der Waals surface area contributed by atoms with Crippen molar-refractivity contribution in [3.05, 3.63) is 151 Å². The Hall–Kier alpha value is -4.02. The molecule has 6 rings (SSSR count). The van der Waals surface area contributed by atoms with E-state index in [9.17, 15) is 4.57 Å². The molecule has 1 aromatic heterocycles. The minimum atomic E-state index is -3.06. The van der Waals surface area contributed by atoms with Gasteiger partial charge < -0.3 is 19.8 Å². The molecule has 0 atom stereocenters. The van der Waals surface area contributed by atoms with Crippen molar-refractivity contribution >= 4 is 23.1 Å². The Balaban J connectivity index is 0.00000240. The summed E-state index contributed by atoms with van der Waals surface area (Å²) in [5.41, 5.74) is 6.68. The maximum absolute atomic E-state index is 14.9. The minimum Gasteiger partial charge on any atom is -0.540 e. The first kappa shape index (κ1) is 34.8. The van der Waals surface area contributed by atoms with Crippen LogP contribution in [-0.4, -0.2) is 17.6 Å². The summed E-state index contributed by atoms with van der Waals surface area (Å²) in [6.45, 7) is 6.60. The predicted octanol–water partition coefficient (Wildman–Crippen LogP) is 7.80. The molecule has 0 amide bonds. The number of hydrogen-bond acceptors (Lipinski definition) is 3. The van der Waals surface area contributed by atoms with Crippen LogP contribution in [0.3, 0.4) is 0 Å². The fourth-order valence-corrected chi connectivity index (χ4v) is 7.95. The standard InChI is InChI=1S/C40H34NO2P.Au.H2O/c1-40(2,3)33-21-15-30(16-22-33)38-27-32(28-39(41-38)31-17-23-34(43-4)24-18-31)29-19-25-37(26-20-29)44(42,35-11-7-5-8-12-35)36-13-9-6-10-14-36;;/h5-15,17,19-28H,1-4H3;;1H2/q-2;;. The average molecular weight is 807 g/mol. The maximum atomic E-state index is 14.9. The van der Waals surface area contributed by atoms with Gasteiger partial charge in [0.15, 0.2) is 7.14 Å². The molecular weight excluding hydrogens is 770 g/mol. The van der Waals surface area contributed by atoms with Crippen molar-refractivity contribution in [2.75, 3.05) is 7.11 Å². The molecule has 0 unspecified atom stereocenters.